The molecule has 1 aliphatic rings. The molecule has 30 heavy (non-hydrogen) atoms. The fourth-order valence-electron chi connectivity index (χ4n) is 4.34. The highest BCUT2D eigenvalue weighted by atomic mass is 32.1. The van der Waals surface area contributed by atoms with E-state index in [4.69, 9.17) is 12.2 Å². The molecule has 1 aromatic carbocycles. The SMILES string of the molecule is Cc1cc([C@H]2[C@@H](c3ccccn3)NC(=S)N2CCCO)c(C)n1-c1ccccc1O. The van der Waals surface area contributed by atoms with E-state index in [1.54, 1.807) is 12.3 Å². The summed E-state index contributed by atoms with van der Waals surface area (Å²) in [6, 6.07) is 15.2. The Labute approximate surface area is 181 Å². The van der Waals surface area contributed by atoms with Gasteiger partial charge in [0.15, 0.2) is 5.11 Å². The largest absolute Gasteiger partial charge is 0.506 e. The fraction of sp³-hybridized carbons (Fsp3) is 0.304. The minimum atomic E-state index is -0.101. The molecule has 0 radical (unpaired) electrons. The molecule has 1 aliphatic heterocycles. The van der Waals surface area contributed by atoms with Gasteiger partial charge in [-0.2, -0.15) is 0 Å². The molecule has 6 nitrogen and oxygen atoms in total. The number of aromatic hydroxyl groups is 1. The predicted octanol–water partition coefficient (Wildman–Crippen LogP) is 3.55. The van der Waals surface area contributed by atoms with Gasteiger partial charge in [0.05, 0.1) is 23.5 Å². The maximum absolute atomic E-state index is 10.4. The van der Waals surface area contributed by atoms with Crippen LogP contribution in [-0.2, 0) is 0 Å². The smallest absolute Gasteiger partial charge is 0.170 e. The van der Waals surface area contributed by atoms with Crippen molar-refractivity contribution in [3.05, 3.63) is 77.4 Å². The van der Waals surface area contributed by atoms with E-state index in [1.807, 2.05) is 43.3 Å². The van der Waals surface area contributed by atoms with Crippen LogP contribution in [0.3, 0.4) is 0 Å². The Morgan fingerprint density at radius 1 is 1.13 bits per heavy atom. The highest BCUT2D eigenvalue weighted by Gasteiger charge is 2.41. The molecule has 3 heterocycles. The molecule has 3 aromatic rings. The van der Waals surface area contributed by atoms with E-state index in [1.165, 1.54) is 0 Å². The number of nitrogens with zero attached hydrogens (tertiary/aromatic N) is 3. The van der Waals surface area contributed by atoms with Gasteiger partial charge in [-0.25, -0.2) is 0 Å². The summed E-state index contributed by atoms with van der Waals surface area (Å²) in [5.74, 6) is 0.240. The normalized spacial score (nSPS) is 18.6. The number of rotatable bonds is 6. The third-order valence-corrected chi connectivity index (χ3v) is 6.02. The lowest BCUT2D eigenvalue weighted by Gasteiger charge is -2.28. The summed E-state index contributed by atoms with van der Waals surface area (Å²) in [4.78, 5) is 6.71. The molecule has 7 heteroatoms. The summed E-state index contributed by atoms with van der Waals surface area (Å²) in [5.41, 5.74) is 4.87. The lowest BCUT2D eigenvalue weighted by molar-refractivity contribution is 0.247. The molecule has 0 saturated carbocycles. The van der Waals surface area contributed by atoms with Crippen LogP contribution in [-0.4, -0.2) is 42.9 Å². The molecule has 0 amide bonds. The Balaban J connectivity index is 1.83. The summed E-state index contributed by atoms with van der Waals surface area (Å²) >= 11 is 5.66. The summed E-state index contributed by atoms with van der Waals surface area (Å²) in [6.45, 7) is 4.86. The summed E-state index contributed by atoms with van der Waals surface area (Å²) in [5, 5.41) is 23.9. The van der Waals surface area contributed by atoms with Crippen molar-refractivity contribution in [1.82, 2.24) is 19.8 Å². The van der Waals surface area contributed by atoms with Gasteiger partial charge in [-0.3, -0.25) is 4.98 Å². The van der Waals surface area contributed by atoms with Gasteiger partial charge >= 0.3 is 0 Å². The van der Waals surface area contributed by atoms with E-state index in [-0.39, 0.29) is 24.4 Å². The van der Waals surface area contributed by atoms with Crippen LogP contribution in [0.4, 0.5) is 0 Å². The van der Waals surface area contributed by atoms with E-state index >= 15 is 0 Å². The topological polar surface area (TPSA) is 73.5 Å². The van der Waals surface area contributed by atoms with Crippen LogP contribution < -0.4 is 5.32 Å². The van der Waals surface area contributed by atoms with Gasteiger partial charge in [-0.1, -0.05) is 18.2 Å². The average Bonchev–Trinajstić information content (AvgIpc) is 3.23. The van der Waals surface area contributed by atoms with Crippen LogP contribution >= 0.6 is 12.2 Å². The van der Waals surface area contributed by atoms with Crippen molar-refractivity contribution in [1.29, 1.82) is 0 Å². The van der Waals surface area contributed by atoms with Gasteiger partial charge in [-0.05, 0) is 68.4 Å². The van der Waals surface area contributed by atoms with Crippen molar-refractivity contribution in [2.24, 2.45) is 0 Å². The zero-order valence-corrected chi connectivity index (χ0v) is 17.9. The van der Waals surface area contributed by atoms with Crippen LogP contribution in [0.15, 0.2) is 54.7 Å². The highest BCUT2D eigenvalue weighted by molar-refractivity contribution is 7.80. The first-order valence-corrected chi connectivity index (χ1v) is 10.5. The molecule has 2 aromatic heterocycles. The average molecular weight is 423 g/mol. The minimum Gasteiger partial charge on any atom is -0.506 e. The zero-order chi connectivity index (χ0) is 21.3. The van der Waals surface area contributed by atoms with Crippen molar-refractivity contribution >= 4 is 17.3 Å². The van der Waals surface area contributed by atoms with Crippen molar-refractivity contribution < 1.29 is 10.2 Å². The molecule has 1 fully saturated rings. The first-order chi connectivity index (χ1) is 14.5. The molecule has 0 spiro atoms. The molecule has 1 saturated heterocycles. The van der Waals surface area contributed by atoms with E-state index in [2.05, 4.69) is 32.8 Å². The molecular weight excluding hydrogens is 396 g/mol. The molecule has 4 rings (SSSR count). The molecular formula is C23H26N4O2S. The minimum absolute atomic E-state index is 0.0650. The number of aryl methyl sites for hydroxylation is 1. The first-order valence-electron chi connectivity index (χ1n) is 10.1. The lowest BCUT2D eigenvalue weighted by Crippen LogP contribution is -2.31. The number of thiocarbonyl (C=S) groups is 1. The number of benzene rings is 1. The predicted molar refractivity (Wildman–Crippen MR) is 121 cm³/mol. The third-order valence-electron chi connectivity index (χ3n) is 5.67. The number of nitrogens with one attached hydrogen (secondary N) is 1. The molecule has 0 unspecified atom stereocenters. The van der Waals surface area contributed by atoms with E-state index in [0.717, 1.165) is 28.3 Å². The van der Waals surface area contributed by atoms with Crippen molar-refractivity contribution in [2.45, 2.75) is 32.4 Å². The number of phenolic OH excluding ortho intramolecular Hbond substituents is 1. The van der Waals surface area contributed by atoms with E-state index in [9.17, 15) is 10.2 Å². The maximum atomic E-state index is 10.4. The van der Waals surface area contributed by atoms with Gasteiger partial charge in [0.25, 0.3) is 0 Å². The number of aromatic nitrogens is 2. The molecule has 156 valence electrons. The van der Waals surface area contributed by atoms with Crippen molar-refractivity contribution in [3.8, 4) is 11.4 Å². The number of para-hydroxylation sites is 2. The number of phenols is 1. The molecule has 0 bridgehead atoms. The Kier molecular flexibility index (Phi) is 5.74. The first kappa shape index (κ1) is 20.4. The van der Waals surface area contributed by atoms with Gasteiger partial charge < -0.3 is 25.0 Å². The van der Waals surface area contributed by atoms with Crippen molar-refractivity contribution in [2.75, 3.05) is 13.2 Å². The van der Waals surface area contributed by atoms with Gasteiger partial charge in [0.2, 0.25) is 0 Å². The van der Waals surface area contributed by atoms with Crippen LogP contribution in [0.1, 0.15) is 41.1 Å². The number of aliphatic hydroxyl groups is 1. The third kappa shape index (κ3) is 3.55. The van der Waals surface area contributed by atoms with Gasteiger partial charge in [0.1, 0.15) is 5.75 Å². The number of hydrogen-bond acceptors (Lipinski definition) is 4. The summed E-state index contributed by atoms with van der Waals surface area (Å²) in [7, 11) is 0. The van der Waals surface area contributed by atoms with Crippen molar-refractivity contribution in [3.63, 3.8) is 0 Å². The van der Waals surface area contributed by atoms with Crippen LogP contribution in [0.5, 0.6) is 5.75 Å². The number of hydrogen-bond donors (Lipinski definition) is 3. The van der Waals surface area contributed by atoms with E-state index < -0.39 is 0 Å². The quantitative estimate of drug-likeness (QED) is 0.528. The Bertz CT molecular complexity index is 1050. The Hall–Kier alpha value is -2.90. The molecule has 3 N–H and O–H groups in total. The zero-order valence-electron chi connectivity index (χ0n) is 17.1. The van der Waals surface area contributed by atoms with Crippen LogP contribution in [0.25, 0.3) is 5.69 Å². The fourth-order valence-corrected chi connectivity index (χ4v) is 4.67. The standard InChI is InChI=1S/C23H26N4O2S/c1-15-14-17(16(2)27(15)19-9-3-4-10-20(19)29)22-21(18-8-5-6-11-24-18)25-23(30)26(22)12-7-13-28/h3-6,8-11,14,21-22,28-29H,7,12-13H2,1-2H3,(H,25,30)/t21-,22+/m1/s1. The van der Waals surface area contributed by atoms with Crippen LogP contribution in [0.2, 0.25) is 0 Å². The highest BCUT2D eigenvalue weighted by Crippen LogP contribution is 2.41. The number of aliphatic hydroxyl groups excluding tert-OH is 1. The second-order valence-corrected chi connectivity index (χ2v) is 7.93. The second-order valence-electron chi connectivity index (χ2n) is 7.55. The molecule has 0 aliphatic carbocycles. The van der Waals surface area contributed by atoms with Gasteiger partial charge in [-0.15, -0.1) is 0 Å². The molecule has 2 atom stereocenters. The van der Waals surface area contributed by atoms with E-state index in [0.29, 0.717) is 18.1 Å². The lowest BCUT2D eigenvalue weighted by atomic mass is 9.96. The maximum Gasteiger partial charge on any atom is 0.170 e. The second kappa shape index (κ2) is 8.45. The van der Waals surface area contributed by atoms with Gasteiger partial charge in [0, 0.05) is 30.7 Å². The van der Waals surface area contributed by atoms with Crippen LogP contribution in [0, 0.1) is 13.8 Å². The Morgan fingerprint density at radius 3 is 2.60 bits per heavy atom. The number of pyridine rings is 1. The summed E-state index contributed by atoms with van der Waals surface area (Å²) in [6.07, 6.45) is 2.42. The Morgan fingerprint density at radius 2 is 1.90 bits per heavy atom. The monoisotopic (exact) mass is 422 g/mol. The summed E-state index contributed by atoms with van der Waals surface area (Å²) < 4.78 is 2.08.